The molecule has 0 heterocycles. The number of benzene rings is 2. The minimum atomic E-state index is 0.457. The standard InChI is InChI=1S/C16H17BrIN/c1-19-15(10-12-6-8-14(18)9-7-12)11-13-4-2-3-5-16(13)17/h2-9,15,19H,10-11H2,1H3. The van der Waals surface area contributed by atoms with Gasteiger partial charge in [0.25, 0.3) is 0 Å². The maximum Gasteiger partial charge on any atom is 0.0207 e. The Hall–Kier alpha value is -0.390. The Bertz CT molecular complexity index is 525. The summed E-state index contributed by atoms with van der Waals surface area (Å²) >= 11 is 5.96. The molecule has 1 atom stereocenters. The van der Waals surface area contributed by atoms with Crippen molar-refractivity contribution >= 4 is 38.5 Å². The normalized spacial score (nSPS) is 12.4. The van der Waals surface area contributed by atoms with E-state index in [1.165, 1.54) is 19.2 Å². The van der Waals surface area contributed by atoms with Crippen molar-refractivity contribution in [2.24, 2.45) is 0 Å². The largest absolute Gasteiger partial charge is 0.316 e. The van der Waals surface area contributed by atoms with Crippen LogP contribution in [0.5, 0.6) is 0 Å². The van der Waals surface area contributed by atoms with Crippen LogP contribution in [0.15, 0.2) is 53.0 Å². The SMILES string of the molecule is CNC(Cc1ccc(I)cc1)Cc1ccccc1Br. The summed E-state index contributed by atoms with van der Waals surface area (Å²) in [6.07, 6.45) is 2.08. The minimum absolute atomic E-state index is 0.457. The molecule has 1 nitrogen and oxygen atoms in total. The fourth-order valence-corrected chi connectivity index (χ4v) is 2.92. The molecule has 0 amide bonds. The first kappa shape index (κ1) is 15.0. The van der Waals surface area contributed by atoms with Crippen molar-refractivity contribution in [1.82, 2.24) is 5.32 Å². The lowest BCUT2D eigenvalue weighted by molar-refractivity contribution is 0.555. The predicted molar refractivity (Wildman–Crippen MR) is 93.6 cm³/mol. The molecule has 0 saturated heterocycles. The topological polar surface area (TPSA) is 12.0 Å². The van der Waals surface area contributed by atoms with E-state index in [1.807, 2.05) is 7.05 Å². The molecule has 1 N–H and O–H groups in total. The molecular formula is C16H17BrIN. The molecule has 0 saturated carbocycles. The highest BCUT2D eigenvalue weighted by Crippen LogP contribution is 2.19. The fourth-order valence-electron chi connectivity index (χ4n) is 2.11. The Balaban J connectivity index is 2.05. The molecule has 0 spiro atoms. The van der Waals surface area contributed by atoms with Crippen LogP contribution in [-0.2, 0) is 12.8 Å². The highest BCUT2D eigenvalue weighted by Gasteiger charge is 2.10. The molecule has 2 aromatic carbocycles. The zero-order valence-electron chi connectivity index (χ0n) is 10.9. The monoisotopic (exact) mass is 429 g/mol. The van der Waals surface area contributed by atoms with Crippen molar-refractivity contribution in [2.75, 3.05) is 7.05 Å². The lowest BCUT2D eigenvalue weighted by atomic mass is 9.99. The van der Waals surface area contributed by atoms with Crippen molar-refractivity contribution in [3.8, 4) is 0 Å². The van der Waals surface area contributed by atoms with E-state index in [9.17, 15) is 0 Å². The molecule has 0 aliphatic rings. The van der Waals surface area contributed by atoms with E-state index >= 15 is 0 Å². The lowest BCUT2D eigenvalue weighted by Crippen LogP contribution is -2.30. The Kier molecular flexibility index (Phi) is 5.85. The second-order valence-corrected chi connectivity index (χ2v) is 6.71. The van der Waals surface area contributed by atoms with Gasteiger partial charge in [0, 0.05) is 14.1 Å². The van der Waals surface area contributed by atoms with E-state index in [0.29, 0.717) is 6.04 Å². The number of likely N-dealkylation sites (N-methyl/N-ethyl adjacent to an activating group) is 1. The molecule has 1 unspecified atom stereocenters. The van der Waals surface area contributed by atoms with Gasteiger partial charge in [-0.1, -0.05) is 46.3 Å². The van der Waals surface area contributed by atoms with Crippen molar-refractivity contribution in [1.29, 1.82) is 0 Å². The second kappa shape index (κ2) is 7.41. The number of hydrogen-bond donors (Lipinski definition) is 1. The van der Waals surface area contributed by atoms with Gasteiger partial charge < -0.3 is 5.32 Å². The van der Waals surface area contributed by atoms with Crippen molar-refractivity contribution in [3.05, 3.63) is 67.7 Å². The summed E-state index contributed by atoms with van der Waals surface area (Å²) in [5, 5.41) is 3.42. The zero-order chi connectivity index (χ0) is 13.7. The van der Waals surface area contributed by atoms with Crippen LogP contribution < -0.4 is 5.32 Å². The quantitative estimate of drug-likeness (QED) is 0.693. The second-order valence-electron chi connectivity index (χ2n) is 4.61. The first-order valence-electron chi connectivity index (χ1n) is 6.34. The summed E-state index contributed by atoms with van der Waals surface area (Å²) in [4.78, 5) is 0. The Labute approximate surface area is 137 Å². The van der Waals surface area contributed by atoms with Gasteiger partial charge in [-0.2, -0.15) is 0 Å². The molecule has 0 aromatic heterocycles. The molecule has 0 aliphatic carbocycles. The van der Waals surface area contributed by atoms with Crippen LogP contribution in [0.3, 0.4) is 0 Å². The van der Waals surface area contributed by atoms with Crippen LogP contribution in [0.2, 0.25) is 0 Å². The summed E-state index contributed by atoms with van der Waals surface area (Å²) in [5.41, 5.74) is 2.74. The Morgan fingerprint density at radius 2 is 1.74 bits per heavy atom. The van der Waals surface area contributed by atoms with E-state index in [0.717, 1.165) is 12.8 Å². The molecule has 0 aliphatic heterocycles. The zero-order valence-corrected chi connectivity index (χ0v) is 14.6. The maximum absolute atomic E-state index is 3.62. The number of nitrogens with one attached hydrogen (secondary N) is 1. The van der Waals surface area contributed by atoms with Gasteiger partial charge in [-0.25, -0.2) is 0 Å². The third kappa shape index (κ3) is 4.58. The van der Waals surface area contributed by atoms with Gasteiger partial charge in [0.15, 0.2) is 0 Å². The Morgan fingerprint density at radius 1 is 1.05 bits per heavy atom. The average molecular weight is 430 g/mol. The highest BCUT2D eigenvalue weighted by atomic mass is 127. The van der Waals surface area contributed by atoms with Gasteiger partial charge in [-0.05, 0) is 71.8 Å². The highest BCUT2D eigenvalue weighted by molar-refractivity contribution is 14.1. The molecule has 3 heteroatoms. The third-order valence-corrected chi connectivity index (χ3v) is 4.72. The maximum atomic E-state index is 3.62. The Morgan fingerprint density at radius 3 is 2.37 bits per heavy atom. The third-order valence-electron chi connectivity index (χ3n) is 3.23. The van der Waals surface area contributed by atoms with Crippen LogP contribution in [0.1, 0.15) is 11.1 Å². The van der Waals surface area contributed by atoms with Gasteiger partial charge in [-0.15, -0.1) is 0 Å². The van der Waals surface area contributed by atoms with Crippen LogP contribution in [0.25, 0.3) is 0 Å². The van der Waals surface area contributed by atoms with Crippen LogP contribution >= 0.6 is 38.5 Å². The lowest BCUT2D eigenvalue weighted by Gasteiger charge is -2.17. The van der Waals surface area contributed by atoms with E-state index < -0.39 is 0 Å². The van der Waals surface area contributed by atoms with Gasteiger partial charge in [0.1, 0.15) is 0 Å². The van der Waals surface area contributed by atoms with E-state index in [2.05, 4.69) is 92.4 Å². The van der Waals surface area contributed by atoms with Crippen molar-refractivity contribution < 1.29 is 0 Å². The number of halogens is 2. The summed E-state index contributed by atoms with van der Waals surface area (Å²) < 4.78 is 2.48. The number of hydrogen-bond acceptors (Lipinski definition) is 1. The molecule has 100 valence electrons. The van der Waals surface area contributed by atoms with Gasteiger partial charge in [0.2, 0.25) is 0 Å². The van der Waals surface area contributed by atoms with Gasteiger partial charge >= 0.3 is 0 Å². The number of rotatable bonds is 5. The molecule has 19 heavy (non-hydrogen) atoms. The van der Waals surface area contributed by atoms with E-state index in [4.69, 9.17) is 0 Å². The predicted octanol–water partition coefficient (Wildman–Crippen LogP) is 4.43. The van der Waals surface area contributed by atoms with Crippen molar-refractivity contribution in [2.45, 2.75) is 18.9 Å². The molecule has 0 radical (unpaired) electrons. The summed E-state index contributed by atoms with van der Waals surface area (Å²) in [6, 6.07) is 17.7. The molecular weight excluding hydrogens is 413 g/mol. The van der Waals surface area contributed by atoms with Crippen LogP contribution in [0, 0.1) is 3.57 Å². The smallest absolute Gasteiger partial charge is 0.0207 e. The van der Waals surface area contributed by atoms with E-state index in [-0.39, 0.29) is 0 Å². The fraction of sp³-hybridized carbons (Fsp3) is 0.250. The molecule has 0 fully saturated rings. The average Bonchev–Trinajstić information content (AvgIpc) is 2.43. The molecule has 2 rings (SSSR count). The van der Waals surface area contributed by atoms with Crippen LogP contribution in [-0.4, -0.2) is 13.1 Å². The first-order chi connectivity index (χ1) is 9.19. The summed E-state index contributed by atoms with van der Waals surface area (Å²) in [7, 11) is 2.04. The minimum Gasteiger partial charge on any atom is -0.316 e. The van der Waals surface area contributed by atoms with Gasteiger partial charge in [0.05, 0.1) is 0 Å². The van der Waals surface area contributed by atoms with Crippen LogP contribution in [0.4, 0.5) is 0 Å². The first-order valence-corrected chi connectivity index (χ1v) is 8.21. The molecule has 2 aromatic rings. The summed E-state index contributed by atoms with van der Waals surface area (Å²) in [6.45, 7) is 0. The van der Waals surface area contributed by atoms with E-state index in [1.54, 1.807) is 0 Å². The van der Waals surface area contributed by atoms with Crippen molar-refractivity contribution in [3.63, 3.8) is 0 Å². The summed E-state index contributed by atoms with van der Waals surface area (Å²) in [5.74, 6) is 0. The molecule has 0 bridgehead atoms. The van der Waals surface area contributed by atoms with Gasteiger partial charge in [-0.3, -0.25) is 0 Å².